The zero-order chi connectivity index (χ0) is 29.1. The third kappa shape index (κ3) is 6.50. The Morgan fingerprint density at radius 3 is 2.46 bits per heavy atom. The number of anilines is 3. The Balaban J connectivity index is 1.43. The lowest BCUT2D eigenvalue weighted by molar-refractivity contribution is 0.100. The molecule has 1 aliphatic heterocycles. The molecular formula is C29H35N7O4S. The standard InChI is InChI=1S/C29H35N7O4S/c1-3-4-24(41(38,39)40)17-20-5-11-25(28(30)37)26(18-20)27-12-10-23-19-31-29(33-36(23)27)32-21-6-8-22(9-7-21)35-15-13-34(2)14-16-35/h5-12,18-19,24H,3-4,13-17H2,1-2H3,(H2,30,37)(H,32,33)(H,38,39,40). The minimum absolute atomic E-state index is 0.105. The van der Waals surface area contributed by atoms with E-state index in [1.54, 1.807) is 28.9 Å². The number of likely N-dealkylation sites (N-methyl/N-ethyl adjacent to an activating group) is 1. The summed E-state index contributed by atoms with van der Waals surface area (Å²) in [4.78, 5) is 21.5. The van der Waals surface area contributed by atoms with E-state index < -0.39 is 21.3 Å². The summed E-state index contributed by atoms with van der Waals surface area (Å²) in [5, 5.41) is 6.99. The number of nitrogens with one attached hydrogen (secondary N) is 1. The average Bonchev–Trinajstić information content (AvgIpc) is 3.36. The Labute approximate surface area is 239 Å². The number of aromatic nitrogens is 3. The molecule has 0 aliphatic carbocycles. The van der Waals surface area contributed by atoms with E-state index in [0.717, 1.165) is 31.9 Å². The number of nitrogens with zero attached hydrogens (tertiary/aromatic N) is 5. The van der Waals surface area contributed by atoms with E-state index in [-0.39, 0.29) is 12.0 Å². The van der Waals surface area contributed by atoms with Crippen LogP contribution in [-0.4, -0.2) is 76.9 Å². The molecule has 1 saturated heterocycles. The molecule has 0 radical (unpaired) electrons. The van der Waals surface area contributed by atoms with Crippen LogP contribution >= 0.6 is 0 Å². The molecule has 2 aromatic heterocycles. The van der Waals surface area contributed by atoms with Gasteiger partial charge in [-0.25, -0.2) is 9.50 Å². The first kappa shape index (κ1) is 28.5. The Kier molecular flexibility index (Phi) is 8.25. The van der Waals surface area contributed by atoms with E-state index in [0.29, 0.717) is 41.1 Å². The number of fused-ring (bicyclic) bond motifs is 1. The normalized spacial score (nSPS) is 15.2. The fourth-order valence-corrected chi connectivity index (χ4v) is 6.14. The lowest BCUT2D eigenvalue weighted by atomic mass is 9.98. The second-order valence-electron chi connectivity index (χ2n) is 10.5. The Hall–Kier alpha value is -4.00. The van der Waals surface area contributed by atoms with Crippen molar-refractivity contribution in [2.75, 3.05) is 43.4 Å². The minimum atomic E-state index is -4.23. The van der Waals surface area contributed by atoms with Gasteiger partial charge in [-0.1, -0.05) is 19.4 Å². The number of amides is 1. The molecule has 1 atom stereocenters. The number of hydrogen-bond acceptors (Lipinski definition) is 8. The van der Waals surface area contributed by atoms with Crippen molar-refractivity contribution in [3.05, 3.63) is 71.9 Å². The van der Waals surface area contributed by atoms with Crippen LogP contribution < -0.4 is 16.0 Å². The monoisotopic (exact) mass is 577 g/mol. The van der Waals surface area contributed by atoms with Gasteiger partial charge in [0.2, 0.25) is 11.9 Å². The number of rotatable bonds is 10. The highest BCUT2D eigenvalue weighted by molar-refractivity contribution is 7.86. The number of hydrogen-bond donors (Lipinski definition) is 3. The summed E-state index contributed by atoms with van der Waals surface area (Å²) in [5.74, 6) is -0.248. The van der Waals surface area contributed by atoms with Crippen molar-refractivity contribution < 1.29 is 17.8 Å². The van der Waals surface area contributed by atoms with Crippen molar-refractivity contribution in [1.29, 1.82) is 0 Å². The first-order valence-corrected chi connectivity index (χ1v) is 15.2. The molecular weight excluding hydrogens is 542 g/mol. The maximum absolute atomic E-state index is 12.3. The minimum Gasteiger partial charge on any atom is -0.369 e. The van der Waals surface area contributed by atoms with Crippen LogP contribution in [0.3, 0.4) is 0 Å². The summed E-state index contributed by atoms with van der Waals surface area (Å²) < 4.78 is 35.3. The number of piperazine rings is 1. The van der Waals surface area contributed by atoms with Crippen LogP contribution in [0.15, 0.2) is 60.8 Å². The fourth-order valence-electron chi connectivity index (χ4n) is 5.20. The van der Waals surface area contributed by atoms with Crippen molar-refractivity contribution in [2.24, 2.45) is 5.73 Å². The van der Waals surface area contributed by atoms with Gasteiger partial charge in [0.1, 0.15) is 0 Å². The molecule has 5 rings (SSSR count). The Morgan fingerprint density at radius 2 is 1.80 bits per heavy atom. The van der Waals surface area contributed by atoms with Crippen LogP contribution in [0.1, 0.15) is 35.7 Å². The van der Waals surface area contributed by atoms with Gasteiger partial charge >= 0.3 is 0 Å². The van der Waals surface area contributed by atoms with Crippen molar-refractivity contribution in [3.8, 4) is 11.3 Å². The summed E-state index contributed by atoms with van der Waals surface area (Å²) in [6.07, 6.45) is 2.71. The molecule has 1 aliphatic rings. The number of carbonyl (C=O) groups excluding carboxylic acids is 1. The Morgan fingerprint density at radius 1 is 1.07 bits per heavy atom. The first-order valence-electron chi connectivity index (χ1n) is 13.7. The maximum Gasteiger partial charge on any atom is 0.268 e. The second-order valence-corrected chi connectivity index (χ2v) is 12.2. The lowest BCUT2D eigenvalue weighted by Gasteiger charge is -2.34. The zero-order valence-corrected chi connectivity index (χ0v) is 24.0. The SMILES string of the molecule is CCCC(Cc1ccc(C(N)=O)c(-c2ccc3cnc(Nc4ccc(N5CCN(C)CC5)cc4)nn23)c1)S(=O)(=O)O. The molecule has 12 heteroatoms. The van der Waals surface area contributed by atoms with E-state index in [1.807, 2.05) is 31.2 Å². The largest absolute Gasteiger partial charge is 0.369 e. The molecule has 1 fully saturated rings. The molecule has 0 bridgehead atoms. The molecule has 41 heavy (non-hydrogen) atoms. The van der Waals surface area contributed by atoms with Crippen molar-refractivity contribution >= 4 is 38.9 Å². The number of benzene rings is 2. The van der Waals surface area contributed by atoms with Gasteiger partial charge < -0.3 is 20.9 Å². The van der Waals surface area contributed by atoms with Crippen molar-refractivity contribution in [2.45, 2.75) is 31.4 Å². The predicted octanol–water partition coefficient (Wildman–Crippen LogP) is 3.59. The van der Waals surface area contributed by atoms with Gasteiger partial charge in [-0.3, -0.25) is 9.35 Å². The zero-order valence-electron chi connectivity index (χ0n) is 23.2. The summed E-state index contributed by atoms with van der Waals surface area (Å²) in [7, 11) is -2.10. The van der Waals surface area contributed by atoms with Crippen molar-refractivity contribution in [3.63, 3.8) is 0 Å². The van der Waals surface area contributed by atoms with Crippen LogP contribution in [0.5, 0.6) is 0 Å². The molecule has 1 unspecified atom stereocenters. The number of carbonyl (C=O) groups is 1. The Bertz CT molecular complexity index is 1650. The molecule has 0 saturated carbocycles. The van der Waals surface area contributed by atoms with Crippen LogP contribution in [0, 0.1) is 0 Å². The summed E-state index contributed by atoms with van der Waals surface area (Å²) in [6.45, 7) is 5.91. The van der Waals surface area contributed by atoms with Crippen LogP contribution in [0.2, 0.25) is 0 Å². The maximum atomic E-state index is 12.3. The van der Waals surface area contributed by atoms with Gasteiger partial charge in [0.05, 0.1) is 22.7 Å². The highest BCUT2D eigenvalue weighted by Crippen LogP contribution is 2.29. The third-order valence-electron chi connectivity index (χ3n) is 7.51. The van der Waals surface area contributed by atoms with Crippen molar-refractivity contribution in [1.82, 2.24) is 19.5 Å². The molecule has 3 heterocycles. The summed E-state index contributed by atoms with van der Waals surface area (Å²) in [6, 6.07) is 16.8. The van der Waals surface area contributed by atoms with Gasteiger partial charge in [-0.2, -0.15) is 8.42 Å². The second kappa shape index (κ2) is 11.9. The smallest absolute Gasteiger partial charge is 0.268 e. The van der Waals surface area contributed by atoms with E-state index in [4.69, 9.17) is 5.73 Å². The first-order chi connectivity index (χ1) is 19.6. The highest BCUT2D eigenvalue weighted by Gasteiger charge is 2.24. The highest BCUT2D eigenvalue weighted by atomic mass is 32.2. The molecule has 2 aromatic carbocycles. The van der Waals surface area contributed by atoms with E-state index in [9.17, 15) is 17.8 Å². The van der Waals surface area contributed by atoms with Gasteiger partial charge in [0.15, 0.2) is 0 Å². The molecule has 4 aromatic rings. The molecule has 1 amide bonds. The number of nitrogens with two attached hydrogens (primary N) is 1. The molecule has 11 nitrogen and oxygen atoms in total. The van der Waals surface area contributed by atoms with Gasteiger partial charge in [0.25, 0.3) is 10.1 Å². The number of primary amides is 1. The van der Waals surface area contributed by atoms with Gasteiger partial charge in [-0.05, 0) is 74.0 Å². The van der Waals surface area contributed by atoms with E-state index in [2.05, 4.69) is 44.4 Å². The predicted molar refractivity (Wildman–Crippen MR) is 160 cm³/mol. The average molecular weight is 578 g/mol. The third-order valence-corrected chi connectivity index (χ3v) is 8.76. The van der Waals surface area contributed by atoms with Crippen LogP contribution in [0.4, 0.5) is 17.3 Å². The van der Waals surface area contributed by atoms with Crippen LogP contribution in [0.25, 0.3) is 16.8 Å². The molecule has 4 N–H and O–H groups in total. The van der Waals surface area contributed by atoms with Crippen LogP contribution in [-0.2, 0) is 16.5 Å². The lowest BCUT2D eigenvalue weighted by Crippen LogP contribution is -2.44. The molecule has 216 valence electrons. The van der Waals surface area contributed by atoms with Gasteiger partial charge in [-0.15, -0.1) is 5.10 Å². The fraction of sp³-hybridized carbons (Fsp3) is 0.345. The van der Waals surface area contributed by atoms with E-state index in [1.165, 1.54) is 5.69 Å². The quantitative estimate of drug-likeness (QED) is 0.241. The molecule has 0 spiro atoms. The van der Waals surface area contributed by atoms with Gasteiger partial charge in [0, 0.05) is 48.7 Å². The topological polar surface area (TPSA) is 146 Å². The summed E-state index contributed by atoms with van der Waals surface area (Å²) in [5.41, 5.74) is 10.5. The summed E-state index contributed by atoms with van der Waals surface area (Å²) >= 11 is 0. The van der Waals surface area contributed by atoms with E-state index >= 15 is 0 Å².